The highest BCUT2D eigenvalue weighted by Gasteiger charge is 2.29. The van der Waals surface area contributed by atoms with Crippen molar-refractivity contribution in [2.45, 2.75) is 19.8 Å². The largest absolute Gasteiger partial charge is 0.505 e. The third kappa shape index (κ3) is 2.95. The van der Waals surface area contributed by atoms with Gasteiger partial charge in [0.25, 0.3) is 5.91 Å². The fourth-order valence-corrected chi connectivity index (χ4v) is 3.37. The van der Waals surface area contributed by atoms with E-state index >= 15 is 0 Å². The molecule has 0 saturated carbocycles. The molecule has 1 amide bonds. The Balaban J connectivity index is 2.34. The van der Waals surface area contributed by atoms with Crippen LogP contribution in [-0.4, -0.2) is 28.5 Å². The minimum Gasteiger partial charge on any atom is -0.505 e. The van der Waals surface area contributed by atoms with E-state index in [1.165, 1.54) is 35.9 Å². The summed E-state index contributed by atoms with van der Waals surface area (Å²) in [5, 5.41) is 12.3. The SMILES string of the molecule is CNC(=O)C(C)c1c(C)n(C(=O)c2cccc(F)c2)c2ccc(O)c(F)c12. The highest BCUT2D eigenvalue weighted by atomic mass is 19.1. The molecule has 0 aliphatic rings. The predicted molar refractivity (Wildman–Crippen MR) is 96.9 cm³/mol. The zero-order valence-corrected chi connectivity index (χ0v) is 15.0. The first-order valence-corrected chi connectivity index (χ1v) is 8.32. The number of benzene rings is 2. The van der Waals surface area contributed by atoms with Gasteiger partial charge in [-0.2, -0.15) is 0 Å². The number of fused-ring (bicyclic) bond motifs is 1. The van der Waals surface area contributed by atoms with Gasteiger partial charge in [-0.25, -0.2) is 8.78 Å². The summed E-state index contributed by atoms with van der Waals surface area (Å²) >= 11 is 0. The Bertz CT molecular complexity index is 1070. The molecule has 0 bridgehead atoms. The Hall–Kier alpha value is -3.22. The molecule has 1 aromatic heterocycles. The van der Waals surface area contributed by atoms with Gasteiger partial charge in [0.1, 0.15) is 5.82 Å². The van der Waals surface area contributed by atoms with Gasteiger partial charge in [0, 0.05) is 23.7 Å². The summed E-state index contributed by atoms with van der Waals surface area (Å²) < 4.78 is 29.5. The smallest absolute Gasteiger partial charge is 0.262 e. The number of rotatable bonds is 3. The number of phenolic OH excluding ortho intramolecular Hbond substituents is 1. The van der Waals surface area contributed by atoms with Crippen molar-refractivity contribution in [1.82, 2.24) is 9.88 Å². The number of likely N-dealkylation sites (N-methyl/N-ethyl adjacent to an activating group) is 1. The van der Waals surface area contributed by atoms with E-state index in [0.717, 1.165) is 12.1 Å². The van der Waals surface area contributed by atoms with E-state index < -0.39 is 29.2 Å². The van der Waals surface area contributed by atoms with Crippen LogP contribution in [0.25, 0.3) is 10.9 Å². The van der Waals surface area contributed by atoms with Crippen molar-refractivity contribution in [2.75, 3.05) is 7.05 Å². The van der Waals surface area contributed by atoms with Crippen LogP contribution in [0.1, 0.15) is 34.5 Å². The molecule has 3 rings (SSSR count). The Labute approximate surface area is 154 Å². The van der Waals surface area contributed by atoms with Crippen molar-refractivity contribution in [3.8, 4) is 5.75 Å². The van der Waals surface area contributed by atoms with Gasteiger partial charge in [-0.15, -0.1) is 0 Å². The number of hydrogen-bond donors (Lipinski definition) is 2. The molecule has 140 valence electrons. The van der Waals surface area contributed by atoms with Crippen LogP contribution in [0.4, 0.5) is 8.78 Å². The lowest BCUT2D eigenvalue weighted by molar-refractivity contribution is -0.121. The molecule has 3 aromatic rings. The molecular formula is C20H18F2N2O3. The summed E-state index contributed by atoms with van der Waals surface area (Å²) in [4.78, 5) is 25.2. The summed E-state index contributed by atoms with van der Waals surface area (Å²) in [5.41, 5.74) is 0.924. The van der Waals surface area contributed by atoms with Gasteiger partial charge in [0.15, 0.2) is 11.6 Å². The summed E-state index contributed by atoms with van der Waals surface area (Å²) in [7, 11) is 1.46. The van der Waals surface area contributed by atoms with Gasteiger partial charge in [0.2, 0.25) is 5.91 Å². The van der Waals surface area contributed by atoms with E-state index in [-0.39, 0.29) is 22.4 Å². The van der Waals surface area contributed by atoms with Gasteiger partial charge in [-0.3, -0.25) is 14.2 Å². The quantitative estimate of drug-likeness (QED) is 0.740. The molecule has 7 heteroatoms. The van der Waals surface area contributed by atoms with Crippen LogP contribution in [0.5, 0.6) is 5.75 Å². The highest BCUT2D eigenvalue weighted by molar-refractivity contribution is 6.05. The third-order valence-electron chi connectivity index (χ3n) is 4.68. The van der Waals surface area contributed by atoms with E-state index in [1.807, 2.05) is 0 Å². The van der Waals surface area contributed by atoms with Crippen LogP contribution in [0, 0.1) is 18.6 Å². The second-order valence-corrected chi connectivity index (χ2v) is 6.28. The molecule has 1 heterocycles. The average molecular weight is 372 g/mol. The number of phenols is 1. The highest BCUT2D eigenvalue weighted by Crippen LogP contribution is 2.37. The molecule has 2 aromatic carbocycles. The van der Waals surface area contributed by atoms with Crippen LogP contribution in [0.3, 0.4) is 0 Å². The number of carbonyl (C=O) groups excluding carboxylic acids is 2. The summed E-state index contributed by atoms with van der Waals surface area (Å²) in [6, 6.07) is 7.71. The van der Waals surface area contributed by atoms with Crippen molar-refractivity contribution in [3.63, 3.8) is 0 Å². The number of nitrogens with one attached hydrogen (secondary N) is 1. The molecule has 0 aliphatic heterocycles. The number of amides is 1. The Kier molecular flexibility index (Phi) is 4.70. The maximum Gasteiger partial charge on any atom is 0.262 e. The fourth-order valence-electron chi connectivity index (χ4n) is 3.37. The van der Waals surface area contributed by atoms with Crippen LogP contribution >= 0.6 is 0 Å². The van der Waals surface area contributed by atoms with E-state index in [2.05, 4.69) is 5.32 Å². The molecule has 0 saturated heterocycles. The van der Waals surface area contributed by atoms with E-state index in [4.69, 9.17) is 0 Å². The Morgan fingerprint density at radius 2 is 1.89 bits per heavy atom. The first kappa shape index (κ1) is 18.6. The lowest BCUT2D eigenvalue weighted by atomic mass is 9.96. The van der Waals surface area contributed by atoms with E-state index in [1.54, 1.807) is 13.8 Å². The number of carbonyl (C=O) groups is 2. The van der Waals surface area contributed by atoms with E-state index in [9.17, 15) is 23.5 Å². The monoisotopic (exact) mass is 372 g/mol. The van der Waals surface area contributed by atoms with Gasteiger partial charge in [0.05, 0.1) is 11.4 Å². The summed E-state index contributed by atoms with van der Waals surface area (Å²) in [6.45, 7) is 3.17. The lowest BCUT2D eigenvalue weighted by Crippen LogP contribution is -2.24. The van der Waals surface area contributed by atoms with Crippen molar-refractivity contribution >= 4 is 22.7 Å². The lowest BCUT2D eigenvalue weighted by Gasteiger charge is -2.12. The van der Waals surface area contributed by atoms with Gasteiger partial charge in [-0.1, -0.05) is 6.07 Å². The van der Waals surface area contributed by atoms with Gasteiger partial charge in [-0.05, 0) is 49.7 Å². The topological polar surface area (TPSA) is 71.3 Å². The molecule has 1 unspecified atom stereocenters. The second-order valence-electron chi connectivity index (χ2n) is 6.28. The zero-order valence-electron chi connectivity index (χ0n) is 15.0. The van der Waals surface area contributed by atoms with Crippen molar-refractivity contribution in [2.24, 2.45) is 0 Å². The Morgan fingerprint density at radius 3 is 2.52 bits per heavy atom. The second kappa shape index (κ2) is 6.83. The molecule has 0 fully saturated rings. The van der Waals surface area contributed by atoms with Crippen LogP contribution in [0.2, 0.25) is 0 Å². The third-order valence-corrected chi connectivity index (χ3v) is 4.68. The molecule has 0 aliphatic carbocycles. The molecule has 5 nitrogen and oxygen atoms in total. The van der Waals surface area contributed by atoms with Crippen molar-refractivity contribution < 1.29 is 23.5 Å². The fraction of sp³-hybridized carbons (Fsp3) is 0.200. The van der Waals surface area contributed by atoms with Crippen LogP contribution < -0.4 is 5.32 Å². The number of nitrogens with zero attached hydrogens (tertiary/aromatic N) is 1. The molecule has 0 radical (unpaired) electrons. The number of aromatic hydroxyl groups is 1. The zero-order chi connectivity index (χ0) is 19.9. The molecule has 1 atom stereocenters. The molecule has 2 N–H and O–H groups in total. The standard InChI is InChI=1S/C20H18F2N2O3/c1-10(19(26)23-3)16-11(2)24(14-7-8-15(25)18(22)17(14)16)20(27)12-5-4-6-13(21)9-12/h4-10,25H,1-3H3,(H,23,26). The predicted octanol–water partition coefficient (Wildman–Crippen LogP) is 3.47. The minimum absolute atomic E-state index is 0.00615. The first-order chi connectivity index (χ1) is 12.8. The van der Waals surface area contributed by atoms with Crippen molar-refractivity contribution in [1.29, 1.82) is 0 Å². The Morgan fingerprint density at radius 1 is 1.19 bits per heavy atom. The number of halogens is 2. The summed E-state index contributed by atoms with van der Waals surface area (Å²) in [6.07, 6.45) is 0. The van der Waals surface area contributed by atoms with Gasteiger partial charge < -0.3 is 10.4 Å². The average Bonchev–Trinajstić information content (AvgIpc) is 2.95. The maximum absolute atomic E-state index is 14.7. The minimum atomic E-state index is -0.910. The van der Waals surface area contributed by atoms with Gasteiger partial charge >= 0.3 is 0 Å². The first-order valence-electron chi connectivity index (χ1n) is 8.32. The molecule has 0 spiro atoms. The van der Waals surface area contributed by atoms with Crippen LogP contribution in [-0.2, 0) is 4.79 Å². The van der Waals surface area contributed by atoms with Crippen molar-refractivity contribution in [3.05, 3.63) is 64.9 Å². The molecule has 27 heavy (non-hydrogen) atoms. The maximum atomic E-state index is 14.7. The normalized spacial score (nSPS) is 12.2. The summed E-state index contributed by atoms with van der Waals surface area (Å²) in [5.74, 6) is -3.75. The number of aromatic nitrogens is 1. The number of hydrogen-bond acceptors (Lipinski definition) is 3. The van der Waals surface area contributed by atoms with E-state index in [0.29, 0.717) is 11.3 Å². The van der Waals surface area contributed by atoms with Crippen LogP contribution in [0.15, 0.2) is 36.4 Å². The molecular weight excluding hydrogens is 354 g/mol.